The highest BCUT2D eigenvalue weighted by atomic mass is 16.5. The van der Waals surface area contributed by atoms with Crippen molar-refractivity contribution < 1.29 is 24.2 Å². The summed E-state index contributed by atoms with van der Waals surface area (Å²) in [6.07, 6.45) is 2.29. The van der Waals surface area contributed by atoms with Gasteiger partial charge in [-0.15, -0.1) is 0 Å². The third kappa shape index (κ3) is 3.42. The minimum Gasteiger partial charge on any atom is -0.497 e. The van der Waals surface area contributed by atoms with Crippen molar-refractivity contribution in [2.45, 2.75) is 25.3 Å². The molecule has 1 fully saturated rings. The predicted molar refractivity (Wildman–Crippen MR) is 89.5 cm³/mol. The Morgan fingerprint density at radius 2 is 2.16 bits per heavy atom. The van der Waals surface area contributed by atoms with Crippen LogP contribution in [0, 0.1) is 0 Å². The zero-order chi connectivity index (χ0) is 18.0. The van der Waals surface area contributed by atoms with Crippen molar-refractivity contribution in [2.75, 3.05) is 13.7 Å². The molecule has 0 spiro atoms. The summed E-state index contributed by atoms with van der Waals surface area (Å²) >= 11 is 0. The van der Waals surface area contributed by atoms with E-state index in [1.165, 1.54) is 0 Å². The molecule has 0 bridgehead atoms. The molecule has 1 atom stereocenters. The molecule has 1 saturated heterocycles. The molecule has 3 rings (SSSR count). The van der Waals surface area contributed by atoms with Crippen molar-refractivity contribution in [2.24, 2.45) is 0 Å². The number of nitrogens with one attached hydrogen (secondary N) is 2. The zero-order valence-electron chi connectivity index (χ0n) is 13.7. The lowest BCUT2D eigenvalue weighted by Gasteiger charge is -2.12. The van der Waals surface area contributed by atoms with Gasteiger partial charge < -0.3 is 20.1 Å². The Kier molecular flexibility index (Phi) is 4.60. The Bertz CT molecular complexity index is 829. The summed E-state index contributed by atoms with van der Waals surface area (Å²) in [7, 11) is 1.60. The largest absolute Gasteiger partial charge is 0.497 e. The van der Waals surface area contributed by atoms with Gasteiger partial charge in [-0.1, -0.05) is 0 Å². The lowest BCUT2D eigenvalue weighted by Crippen LogP contribution is -2.33. The van der Waals surface area contributed by atoms with Gasteiger partial charge in [-0.25, -0.2) is 4.79 Å². The number of carbonyl (C=O) groups is 3. The van der Waals surface area contributed by atoms with E-state index in [2.05, 4.69) is 10.3 Å². The number of fused-ring (bicyclic) bond motifs is 1. The van der Waals surface area contributed by atoms with Crippen LogP contribution < -0.4 is 10.1 Å². The maximum atomic E-state index is 12.3. The van der Waals surface area contributed by atoms with Gasteiger partial charge in [-0.2, -0.15) is 0 Å². The van der Waals surface area contributed by atoms with Crippen LogP contribution in [0.4, 0.5) is 4.79 Å². The fourth-order valence-corrected chi connectivity index (χ4v) is 2.98. The van der Waals surface area contributed by atoms with E-state index in [1.54, 1.807) is 7.11 Å². The van der Waals surface area contributed by atoms with Gasteiger partial charge in [-0.3, -0.25) is 14.5 Å². The molecule has 3 N–H and O–H groups in total. The number of aromatic nitrogens is 1. The van der Waals surface area contributed by atoms with Gasteiger partial charge >= 0.3 is 12.0 Å². The number of carboxylic acid groups (broad SMARTS) is 1. The number of aromatic amines is 1. The first kappa shape index (κ1) is 16.8. The molecule has 1 aliphatic rings. The lowest BCUT2D eigenvalue weighted by atomic mass is 10.1. The van der Waals surface area contributed by atoms with Crippen LogP contribution in [0.15, 0.2) is 24.4 Å². The molecule has 2 aromatic rings. The normalized spacial score (nSPS) is 17.2. The van der Waals surface area contributed by atoms with E-state index < -0.39 is 18.0 Å². The maximum Gasteiger partial charge on any atom is 0.324 e. The molecule has 132 valence electrons. The maximum absolute atomic E-state index is 12.3. The molecular formula is C17H19N3O5. The molecule has 1 aliphatic heterocycles. The second kappa shape index (κ2) is 6.84. The number of amides is 3. The Morgan fingerprint density at radius 3 is 2.88 bits per heavy atom. The second-order valence-electron chi connectivity index (χ2n) is 5.90. The Balaban J connectivity index is 1.68. The van der Waals surface area contributed by atoms with Gasteiger partial charge in [0.25, 0.3) is 5.91 Å². The van der Waals surface area contributed by atoms with Gasteiger partial charge in [0.2, 0.25) is 0 Å². The molecule has 0 saturated carbocycles. The molecule has 1 unspecified atom stereocenters. The number of methoxy groups -OCH3 is 1. The van der Waals surface area contributed by atoms with E-state index in [9.17, 15) is 14.4 Å². The van der Waals surface area contributed by atoms with Crippen LogP contribution in [0.5, 0.6) is 5.75 Å². The van der Waals surface area contributed by atoms with Gasteiger partial charge in [-0.05, 0) is 36.6 Å². The summed E-state index contributed by atoms with van der Waals surface area (Å²) in [5, 5.41) is 12.2. The van der Waals surface area contributed by atoms with Crippen molar-refractivity contribution in [3.8, 4) is 5.75 Å². The summed E-state index contributed by atoms with van der Waals surface area (Å²) in [4.78, 5) is 39.2. The molecule has 1 aromatic heterocycles. The van der Waals surface area contributed by atoms with Crippen molar-refractivity contribution in [1.29, 1.82) is 0 Å². The number of rotatable bonds is 7. The fraction of sp³-hybridized carbons (Fsp3) is 0.353. The fourth-order valence-electron chi connectivity index (χ4n) is 2.98. The first-order valence-corrected chi connectivity index (χ1v) is 7.97. The predicted octanol–water partition coefficient (Wildman–Crippen LogP) is 1.50. The number of aliphatic carboxylic acids is 1. The van der Waals surface area contributed by atoms with E-state index in [4.69, 9.17) is 9.84 Å². The van der Waals surface area contributed by atoms with Crippen molar-refractivity contribution in [3.05, 3.63) is 30.0 Å². The van der Waals surface area contributed by atoms with Crippen LogP contribution in [0.25, 0.3) is 10.9 Å². The summed E-state index contributed by atoms with van der Waals surface area (Å²) in [5.74, 6) is -0.631. The van der Waals surface area contributed by atoms with Gasteiger partial charge in [0.1, 0.15) is 11.8 Å². The number of hydrogen-bond acceptors (Lipinski definition) is 4. The van der Waals surface area contributed by atoms with E-state index in [1.807, 2.05) is 24.4 Å². The van der Waals surface area contributed by atoms with E-state index in [0.717, 1.165) is 27.1 Å². The van der Waals surface area contributed by atoms with Crippen LogP contribution in [0.1, 0.15) is 18.4 Å². The minimum absolute atomic E-state index is 0.0979. The number of carbonyl (C=O) groups excluding carboxylic acids is 2. The Labute approximate surface area is 143 Å². The summed E-state index contributed by atoms with van der Waals surface area (Å²) in [6, 6.07) is 4.44. The van der Waals surface area contributed by atoms with Crippen LogP contribution in [-0.2, 0) is 16.0 Å². The quantitative estimate of drug-likeness (QED) is 0.659. The molecule has 8 heteroatoms. The van der Waals surface area contributed by atoms with Gasteiger partial charge in [0.15, 0.2) is 0 Å². The van der Waals surface area contributed by atoms with E-state index in [-0.39, 0.29) is 25.3 Å². The highest BCUT2D eigenvalue weighted by Gasteiger charge is 2.37. The summed E-state index contributed by atoms with van der Waals surface area (Å²) < 4.78 is 5.23. The third-order valence-electron chi connectivity index (χ3n) is 4.33. The molecule has 1 aromatic carbocycles. The third-order valence-corrected chi connectivity index (χ3v) is 4.33. The Hall–Kier alpha value is -3.03. The monoisotopic (exact) mass is 345 g/mol. The van der Waals surface area contributed by atoms with Crippen LogP contribution >= 0.6 is 0 Å². The van der Waals surface area contributed by atoms with Crippen LogP contribution in [-0.4, -0.2) is 52.6 Å². The second-order valence-corrected chi connectivity index (χ2v) is 5.90. The van der Waals surface area contributed by atoms with Gasteiger partial charge in [0, 0.05) is 30.1 Å². The minimum atomic E-state index is -0.992. The molecule has 3 amide bonds. The standard InChI is InChI=1S/C17H19N3O5/c1-25-11-2-3-13-12(8-11)10(9-18-13)6-7-20-16(23)14(19-17(20)24)4-5-15(21)22/h2-3,8-9,14,18H,4-7H2,1H3,(H,19,24)(H,21,22). The average molecular weight is 345 g/mol. The number of nitrogens with zero attached hydrogens (tertiary/aromatic N) is 1. The average Bonchev–Trinajstić information content (AvgIpc) is 3.11. The van der Waals surface area contributed by atoms with Crippen molar-refractivity contribution >= 4 is 28.8 Å². The van der Waals surface area contributed by atoms with Crippen molar-refractivity contribution in [1.82, 2.24) is 15.2 Å². The molecule has 8 nitrogen and oxygen atoms in total. The number of imide groups is 1. The number of benzene rings is 1. The SMILES string of the molecule is COc1ccc2[nH]cc(CCN3C(=O)NC(CCC(=O)O)C3=O)c2c1. The highest BCUT2D eigenvalue weighted by molar-refractivity contribution is 6.04. The van der Waals surface area contributed by atoms with E-state index in [0.29, 0.717) is 6.42 Å². The zero-order valence-corrected chi connectivity index (χ0v) is 13.7. The molecule has 2 heterocycles. The van der Waals surface area contributed by atoms with Crippen LogP contribution in [0.2, 0.25) is 0 Å². The topological polar surface area (TPSA) is 112 Å². The number of hydrogen-bond donors (Lipinski definition) is 3. The summed E-state index contributed by atoms with van der Waals surface area (Å²) in [5.41, 5.74) is 1.93. The van der Waals surface area contributed by atoms with Crippen molar-refractivity contribution in [3.63, 3.8) is 0 Å². The highest BCUT2D eigenvalue weighted by Crippen LogP contribution is 2.24. The van der Waals surface area contributed by atoms with Gasteiger partial charge in [0.05, 0.1) is 7.11 Å². The number of urea groups is 1. The Morgan fingerprint density at radius 1 is 1.36 bits per heavy atom. The van der Waals surface area contributed by atoms with E-state index >= 15 is 0 Å². The molecule has 0 radical (unpaired) electrons. The lowest BCUT2D eigenvalue weighted by molar-refractivity contribution is -0.137. The molecular weight excluding hydrogens is 326 g/mol. The number of H-pyrrole nitrogens is 1. The first-order chi connectivity index (χ1) is 12.0. The first-order valence-electron chi connectivity index (χ1n) is 7.97. The van der Waals surface area contributed by atoms with Crippen LogP contribution in [0.3, 0.4) is 0 Å². The number of ether oxygens (including phenoxy) is 1. The molecule has 0 aliphatic carbocycles. The summed E-state index contributed by atoms with van der Waals surface area (Å²) in [6.45, 7) is 0.235. The number of carboxylic acids is 1. The molecule has 25 heavy (non-hydrogen) atoms. The smallest absolute Gasteiger partial charge is 0.324 e.